The summed E-state index contributed by atoms with van der Waals surface area (Å²) in [6.07, 6.45) is 1.81. The molecule has 7 heteroatoms. The van der Waals surface area contributed by atoms with Gasteiger partial charge in [-0.15, -0.1) is 0 Å². The van der Waals surface area contributed by atoms with Gasteiger partial charge in [0, 0.05) is 0 Å². The highest BCUT2D eigenvalue weighted by molar-refractivity contribution is 7.92. The molecule has 0 bridgehead atoms. The van der Waals surface area contributed by atoms with Crippen molar-refractivity contribution >= 4 is 26.9 Å². The van der Waals surface area contributed by atoms with Crippen LogP contribution in [-0.4, -0.2) is 25.0 Å². The lowest BCUT2D eigenvalue weighted by molar-refractivity contribution is 0.299. The molecule has 0 spiro atoms. The van der Waals surface area contributed by atoms with Crippen molar-refractivity contribution in [3.63, 3.8) is 0 Å². The fourth-order valence-electron chi connectivity index (χ4n) is 2.75. The van der Waals surface area contributed by atoms with E-state index in [-0.39, 0.29) is 16.6 Å². The van der Waals surface area contributed by atoms with Crippen molar-refractivity contribution < 1.29 is 13.2 Å². The molecular weight excluding hydrogens is 362 g/mol. The Morgan fingerprint density at radius 2 is 1.74 bits per heavy atom. The van der Waals surface area contributed by atoms with Gasteiger partial charge in [-0.3, -0.25) is 4.72 Å². The number of nitrogens with one attached hydrogen (secondary N) is 1. The Morgan fingerprint density at radius 3 is 2.41 bits per heavy atom. The molecule has 0 aliphatic rings. The second-order valence-electron chi connectivity index (χ2n) is 6.44. The second-order valence-corrected chi connectivity index (χ2v) is 8.09. The van der Waals surface area contributed by atoms with Crippen molar-refractivity contribution in [3.05, 3.63) is 53.6 Å². The Morgan fingerprint density at radius 1 is 1.04 bits per heavy atom. The van der Waals surface area contributed by atoms with Crippen molar-refractivity contribution in [1.82, 2.24) is 9.97 Å². The molecular formula is C20H23N3O3S. The SMILES string of the molecule is CCCCOc1nc2ccccc2nc1NS(=O)(=O)c1ccc(C)cc1C. The van der Waals surface area contributed by atoms with Crippen LogP contribution in [0.25, 0.3) is 11.0 Å². The van der Waals surface area contributed by atoms with Gasteiger partial charge < -0.3 is 4.74 Å². The van der Waals surface area contributed by atoms with Crippen LogP contribution in [0.4, 0.5) is 5.82 Å². The average molecular weight is 385 g/mol. The number of benzene rings is 2. The van der Waals surface area contributed by atoms with Crippen LogP contribution in [0.3, 0.4) is 0 Å². The number of hydrogen-bond donors (Lipinski definition) is 1. The van der Waals surface area contributed by atoms with E-state index in [1.807, 2.05) is 31.2 Å². The number of rotatable bonds is 7. The number of fused-ring (bicyclic) bond motifs is 1. The maximum atomic E-state index is 12.9. The minimum atomic E-state index is -3.82. The zero-order valence-electron chi connectivity index (χ0n) is 15.7. The van der Waals surface area contributed by atoms with Crippen LogP contribution in [0.2, 0.25) is 0 Å². The molecule has 2 aromatic carbocycles. The summed E-state index contributed by atoms with van der Waals surface area (Å²) in [5.41, 5.74) is 2.92. The standard InChI is InChI=1S/C20H23N3O3S/c1-4-5-12-26-20-19(21-16-8-6-7-9-17(16)22-20)23-27(24,25)18-11-10-14(2)13-15(18)3/h6-11,13H,4-5,12H2,1-3H3,(H,21,23). The van der Waals surface area contributed by atoms with Gasteiger partial charge in [0.2, 0.25) is 5.82 Å². The molecule has 1 aromatic heterocycles. The van der Waals surface area contributed by atoms with E-state index in [0.717, 1.165) is 18.4 Å². The molecule has 0 amide bonds. The predicted octanol–water partition coefficient (Wildman–Crippen LogP) is 4.23. The summed E-state index contributed by atoms with van der Waals surface area (Å²) in [5.74, 6) is 0.292. The molecule has 1 heterocycles. The monoisotopic (exact) mass is 385 g/mol. The van der Waals surface area contributed by atoms with Crippen LogP contribution in [0.1, 0.15) is 30.9 Å². The molecule has 0 atom stereocenters. The third kappa shape index (κ3) is 4.36. The lowest BCUT2D eigenvalue weighted by atomic mass is 10.2. The van der Waals surface area contributed by atoms with E-state index in [4.69, 9.17) is 4.74 Å². The minimum Gasteiger partial charge on any atom is -0.475 e. The summed E-state index contributed by atoms with van der Waals surface area (Å²) in [5, 5.41) is 0. The number of para-hydroxylation sites is 2. The van der Waals surface area contributed by atoms with Gasteiger partial charge >= 0.3 is 0 Å². The van der Waals surface area contributed by atoms with Crippen LogP contribution in [-0.2, 0) is 10.0 Å². The third-order valence-corrected chi connectivity index (χ3v) is 5.63. The maximum absolute atomic E-state index is 12.9. The molecule has 0 saturated carbocycles. The predicted molar refractivity (Wildman–Crippen MR) is 107 cm³/mol. The van der Waals surface area contributed by atoms with Crippen molar-refractivity contribution in [3.8, 4) is 5.88 Å². The maximum Gasteiger partial charge on any atom is 0.263 e. The largest absolute Gasteiger partial charge is 0.475 e. The summed E-state index contributed by atoms with van der Waals surface area (Å²) in [7, 11) is -3.82. The smallest absolute Gasteiger partial charge is 0.263 e. The third-order valence-electron chi connectivity index (χ3n) is 4.13. The first kappa shape index (κ1) is 19.1. The number of aromatic nitrogens is 2. The van der Waals surface area contributed by atoms with Gasteiger partial charge in [-0.25, -0.2) is 18.4 Å². The lowest BCUT2D eigenvalue weighted by Crippen LogP contribution is -2.17. The molecule has 0 aliphatic carbocycles. The van der Waals surface area contributed by atoms with Gasteiger partial charge in [-0.05, 0) is 44.0 Å². The molecule has 0 aliphatic heterocycles. The summed E-state index contributed by atoms with van der Waals surface area (Å²) in [6, 6.07) is 12.5. The average Bonchev–Trinajstić information content (AvgIpc) is 2.61. The number of anilines is 1. The van der Waals surface area contributed by atoms with E-state index in [0.29, 0.717) is 23.2 Å². The molecule has 0 fully saturated rings. The van der Waals surface area contributed by atoms with E-state index in [2.05, 4.69) is 21.6 Å². The Labute approximate surface area is 159 Å². The van der Waals surface area contributed by atoms with Gasteiger partial charge in [0.25, 0.3) is 15.9 Å². The summed E-state index contributed by atoms with van der Waals surface area (Å²) >= 11 is 0. The number of aryl methyl sites for hydroxylation is 2. The highest BCUT2D eigenvalue weighted by Gasteiger charge is 2.21. The summed E-state index contributed by atoms with van der Waals surface area (Å²) in [6.45, 7) is 6.19. The first-order valence-electron chi connectivity index (χ1n) is 8.90. The van der Waals surface area contributed by atoms with Crippen LogP contribution < -0.4 is 9.46 Å². The molecule has 6 nitrogen and oxygen atoms in total. The molecule has 3 rings (SSSR count). The first-order valence-corrected chi connectivity index (χ1v) is 10.4. The summed E-state index contributed by atoms with van der Waals surface area (Å²) in [4.78, 5) is 9.09. The molecule has 0 radical (unpaired) electrons. The van der Waals surface area contributed by atoms with E-state index in [1.54, 1.807) is 25.1 Å². The molecule has 3 aromatic rings. The molecule has 142 valence electrons. The van der Waals surface area contributed by atoms with Gasteiger partial charge in [-0.2, -0.15) is 0 Å². The van der Waals surface area contributed by atoms with Gasteiger partial charge in [0.05, 0.1) is 22.5 Å². The molecule has 1 N–H and O–H groups in total. The van der Waals surface area contributed by atoms with E-state index in [1.165, 1.54) is 0 Å². The number of sulfonamides is 1. The zero-order valence-corrected chi connectivity index (χ0v) is 16.5. The molecule has 27 heavy (non-hydrogen) atoms. The Balaban J connectivity index is 2.02. The second kappa shape index (κ2) is 7.92. The van der Waals surface area contributed by atoms with E-state index < -0.39 is 10.0 Å². The number of ether oxygens (including phenoxy) is 1. The van der Waals surface area contributed by atoms with E-state index >= 15 is 0 Å². The van der Waals surface area contributed by atoms with Crippen molar-refractivity contribution in [2.45, 2.75) is 38.5 Å². The number of hydrogen-bond acceptors (Lipinski definition) is 5. The van der Waals surface area contributed by atoms with Gasteiger partial charge in [-0.1, -0.05) is 43.2 Å². The molecule has 0 saturated heterocycles. The first-order chi connectivity index (χ1) is 12.9. The highest BCUT2D eigenvalue weighted by Crippen LogP contribution is 2.27. The highest BCUT2D eigenvalue weighted by atomic mass is 32.2. The minimum absolute atomic E-state index is 0.102. The van der Waals surface area contributed by atoms with Gasteiger partial charge in [0.1, 0.15) is 0 Å². The topological polar surface area (TPSA) is 81.2 Å². The normalized spacial score (nSPS) is 11.5. The van der Waals surface area contributed by atoms with Gasteiger partial charge in [0.15, 0.2) is 0 Å². The zero-order chi connectivity index (χ0) is 19.4. The quantitative estimate of drug-likeness (QED) is 0.616. The lowest BCUT2D eigenvalue weighted by Gasteiger charge is -2.14. The van der Waals surface area contributed by atoms with Crippen LogP contribution in [0, 0.1) is 13.8 Å². The van der Waals surface area contributed by atoms with Crippen molar-refractivity contribution in [2.24, 2.45) is 0 Å². The Kier molecular flexibility index (Phi) is 5.60. The fourth-order valence-corrected chi connectivity index (χ4v) is 3.97. The van der Waals surface area contributed by atoms with Crippen molar-refractivity contribution in [2.75, 3.05) is 11.3 Å². The number of nitrogens with zero attached hydrogens (tertiary/aromatic N) is 2. The van der Waals surface area contributed by atoms with Crippen LogP contribution in [0.15, 0.2) is 47.4 Å². The fraction of sp³-hybridized carbons (Fsp3) is 0.300. The Bertz CT molecular complexity index is 1070. The summed E-state index contributed by atoms with van der Waals surface area (Å²) < 4.78 is 34.1. The van der Waals surface area contributed by atoms with Crippen molar-refractivity contribution in [1.29, 1.82) is 0 Å². The van der Waals surface area contributed by atoms with E-state index in [9.17, 15) is 8.42 Å². The van der Waals surface area contributed by atoms with Crippen LogP contribution in [0.5, 0.6) is 5.88 Å². The van der Waals surface area contributed by atoms with Crippen LogP contribution >= 0.6 is 0 Å². The molecule has 0 unspecified atom stereocenters. The number of unbranched alkanes of at least 4 members (excludes halogenated alkanes) is 1. The Hall–Kier alpha value is -2.67.